The van der Waals surface area contributed by atoms with Crippen LogP contribution in [0.2, 0.25) is 0 Å². The zero-order valence-electron chi connectivity index (χ0n) is 16.3. The van der Waals surface area contributed by atoms with Crippen molar-refractivity contribution in [3.05, 3.63) is 45.8 Å². The third-order valence-corrected chi connectivity index (χ3v) is 5.77. The Labute approximate surface area is 178 Å². The summed E-state index contributed by atoms with van der Waals surface area (Å²) in [6.07, 6.45) is 4.05. The summed E-state index contributed by atoms with van der Waals surface area (Å²) in [5.74, 6) is 1.51. The Hall–Kier alpha value is -1.87. The Morgan fingerprint density at radius 1 is 1.14 bits per heavy atom. The maximum absolute atomic E-state index is 6.32. The molecule has 1 fully saturated rings. The topological polar surface area (TPSA) is 58.4 Å². The second-order valence-corrected chi connectivity index (χ2v) is 8.30. The second-order valence-electron chi connectivity index (χ2n) is 7.28. The third-order valence-electron chi connectivity index (χ3n) is 5.01. The number of rotatable bonds is 5. The van der Waals surface area contributed by atoms with Crippen LogP contribution in [-0.4, -0.2) is 40.2 Å². The van der Waals surface area contributed by atoms with E-state index >= 15 is 0 Å². The summed E-state index contributed by atoms with van der Waals surface area (Å²) in [7, 11) is 1.67. The van der Waals surface area contributed by atoms with E-state index in [1.54, 1.807) is 13.3 Å². The minimum absolute atomic E-state index is 0.109. The number of halogens is 1. The molecule has 0 saturated carbocycles. The van der Waals surface area contributed by atoms with Crippen LogP contribution in [0.5, 0.6) is 11.6 Å². The average Bonchev–Trinajstić information content (AvgIpc) is 2.98. The summed E-state index contributed by atoms with van der Waals surface area (Å²) in [6, 6.07) is 10.0. The van der Waals surface area contributed by atoms with E-state index in [4.69, 9.17) is 19.3 Å². The van der Waals surface area contributed by atoms with Gasteiger partial charge in [0.15, 0.2) is 0 Å². The van der Waals surface area contributed by atoms with Crippen LogP contribution in [0.3, 0.4) is 0 Å². The lowest BCUT2D eigenvalue weighted by atomic mass is 10.0. The molecule has 0 radical (unpaired) electrons. The quantitative estimate of drug-likeness (QED) is 0.493. The van der Waals surface area contributed by atoms with Crippen molar-refractivity contribution in [2.24, 2.45) is 0 Å². The number of hydrogen-bond acceptors (Lipinski definition) is 5. The monoisotopic (exact) mass is 493 g/mol. The van der Waals surface area contributed by atoms with Gasteiger partial charge in [-0.1, -0.05) is 12.1 Å². The van der Waals surface area contributed by atoms with Crippen molar-refractivity contribution in [3.63, 3.8) is 0 Å². The number of nitrogens with zero attached hydrogens (tertiary/aromatic N) is 3. The number of ether oxygens (including phenoxy) is 3. The second kappa shape index (κ2) is 8.24. The molecule has 1 aliphatic rings. The molecule has 4 rings (SSSR count). The molecule has 1 aliphatic heterocycles. The van der Waals surface area contributed by atoms with Crippen molar-refractivity contribution in [3.8, 4) is 11.6 Å². The van der Waals surface area contributed by atoms with E-state index in [2.05, 4.69) is 53.6 Å². The molecule has 3 heterocycles. The van der Waals surface area contributed by atoms with Crippen LogP contribution in [0.15, 0.2) is 36.5 Å². The lowest BCUT2D eigenvalue weighted by molar-refractivity contribution is -0.0726. The van der Waals surface area contributed by atoms with Crippen LogP contribution in [-0.2, 0) is 11.3 Å². The largest absolute Gasteiger partial charge is 0.497 e. The molecule has 1 saturated heterocycles. The fourth-order valence-electron chi connectivity index (χ4n) is 3.76. The van der Waals surface area contributed by atoms with Gasteiger partial charge in [-0.2, -0.15) is 5.10 Å². The standard InChI is InChI=1S/C21H24IN3O3/c1-13-10-17(11-14(2)27-13)28-21-19-18(8-9-23-21)25(24-20(19)22)12-15-4-6-16(26-3)7-5-15/h4-9,13-14,17H,10-12H2,1-3H3/t13-,14+,17?. The van der Waals surface area contributed by atoms with Gasteiger partial charge < -0.3 is 14.2 Å². The van der Waals surface area contributed by atoms with Crippen molar-refractivity contribution >= 4 is 33.5 Å². The van der Waals surface area contributed by atoms with Gasteiger partial charge in [0.1, 0.15) is 15.6 Å². The molecule has 0 amide bonds. The molecule has 2 aromatic heterocycles. The van der Waals surface area contributed by atoms with E-state index < -0.39 is 0 Å². The zero-order valence-corrected chi connectivity index (χ0v) is 18.4. The van der Waals surface area contributed by atoms with Gasteiger partial charge in [-0.15, -0.1) is 0 Å². The SMILES string of the molecule is COc1ccc(Cn2nc(I)c3c(OC4C[C@@H](C)O[C@@H](C)C4)nccc32)cc1. The fraction of sp³-hybridized carbons (Fsp3) is 0.429. The van der Waals surface area contributed by atoms with Gasteiger partial charge in [-0.3, -0.25) is 4.68 Å². The first-order valence-electron chi connectivity index (χ1n) is 9.49. The normalized spacial score (nSPS) is 22.4. The molecule has 1 unspecified atom stereocenters. The molecule has 0 N–H and O–H groups in total. The molecule has 3 atom stereocenters. The highest BCUT2D eigenvalue weighted by molar-refractivity contribution is 14.1. The zero-order chi connectivity index (χ0) is 19.7. The Morgan fingerprint density at radius 2 is 1.86 bits per heavy atom. The Bertz CT molecular complexity index is 947. The van der Waals surface area contributed by atoms with Crippen molar-refractivity contribution in [1.29, 1.82) is 0 Å². The molecule has 7 heteroatoms. The number of pyridine rings is 1. The minimum atomic E-state index is 0.109. The smallest absolute Gasteiger partial charge is 0.225 e. The van der Waals surface area contributed by atoms with Crippen molar-refractivity contribution in [2.45, 2.75) is 51.5 Å². The van der Waals surface area contributed by atoms with Crippen molar-refractivity contribution < 1.29 is 14.2 Å². The van der Waals surface area contributed by atoms with E-state index in [0.717, 1.165) is 38.8 Å². The van der Waals surface area contributed by atoms with Gasteiger partial charge >= 0.3 is 0 Å². The molecule has 28 heavy (non-hydrogen) atoms. The highest BCUT2D eigenvalue weighted by Gasteiger charge is 2.27. The minimum Gasteiger partial charge on any atom is -0.497 e. The van der Waals surface area contributed by atoms with E-state index in [0.29, 0.717) is 12.4 Å². The van der Waals surface area contributed by atoms with Crippen LogP contribution in [0, 0.1) is 3.70 Å². The van der Waals surface area contributed by atoms with Crippen LogP contribution in [0.25, 0.3) is 10.9 Å². The Balaban J connectivity index is 1.61. The summed E-state index contributed by atoms with van der Waals surface area (Å²) in [5, 5.41) is 5.71. The van der Waals surface area contributed by atoms with Gasteiger partial charge in [0, 0.05) is 19.0 Å². The predicted molar refractivity (Wildman–Crippen MR) is 116 cm³/mol. The van der Waals surface area contributed by atoms with Crippen LogP contribution >= 0.6 is 22.6 Å². The molecule has 6 nitrogen and oxygen atoms in total. The molecule has 0 bridgehead atoms. The summed E-state index contributed by atoms with van der Waals surface area (Å²) in [6.45, 7) is 4.87. The van der Waals surface area contributed by atoms with E-state index in [-0.39, 0.29) is 18.3 Å². The van der Waals surface area contributed by atoms with Gasteiger partial charge in [0.05, 0.1) is 36.8 Å². The van der Waals surface area contributed by atoms with Gasteiger partial charge in [0.25, 0.3) is 0 Å². The maximum atomic E-state index is 6.32. The lowest BCUT2D eigenvalue weighted by Crippen LogP contribution is -2.35. The molecule has 0 aliphatic carbocycles. The predicted octanol–water partition coefficient (Wildman–Crippen LogP) is 4.43. The average molecular weight is 493 g/mol. The number of hydrogen-bond donors (Lipinski definition) is 0. The number of aromatic nitrogens is 3. The summed E-state index contributed by atoms with van der Waals surface area (Å²) < 4.78 is 20.3. The molecule has 3 aromatic rings. The highest BCUT2D eigenvalue weighted by Crippen LogP contribution is 2.31. The third kappa shape index (κ3) is 4.10. The Kier molecular flexibility index (Phi) is 5.73. The summed E-state index contributed by atoms with van der Waals surface area (Å²) in [5.41, 5.74) is 2.19. The summed E-state index contributed by atoms with van der Waals surface area (Å²) >= 11 is 2.26. The van der Waals surface area contributed by atoms with E-state index in [1.807, 2.05) is 22.9 Å². The molecular formula is C21H24IN3O3. The van der Waals surface area contributed by atoms with Crippen molar-refractivity contribution in [1.82, 2.24) is 14.8 Å². The molecule has 148 valence electrons. The van der Waals surface area contributed by atoms with Crippen LogP contribution in [0.1, 0.15) is 32.3 Å². The van der Waals surface area contributed by atoms with Crippen molar-refractivity contribution in [2.75, 3.05) is 7.11 Å². The fourth-order valence-corrected chi connectivity index (χ4v) is 4.53. The van der Waals surface area contributed by atoms with Crippen LogP contribution in [0.4, 0.5) is 0 Å². The summed E-state index contributed by atoms with van der Waals surface area (Å²) in [4.78, 5) is 4.52. The lowest BCUT2D eigenvalue weighted by Gasteiger charge is -2.32. The Morgan fingerprint density at radius 3 is 2.54 bits per heavy atom. The van der Waals surface area contributed by atoms with E-state index in [9.17, 15) is 0 Å². The highest BCUT2D eigenvalue weighted by atomic mass is 127. The van der Waals surface area contributed by atoms with E-state index in [1.165, 1.54) is 0 Å². The first-order valence-corrected chi connectivity index (χ1v) is 10.6. The van der Waals surface area contributed by atoms with Gasteiger partial charge in [-0.05, 0) is 60.2 Å². The first-order chi connectivity index (χ1) is 13.5. The van der Waals surface area contributed by atoms with Gasteiger partial charge in [0.2, 0.25) is 5.88 Å². The number of benzene rings is 1. The van der Waals surface area contributed by atoms with Gasteiger partial charge in [-0.25, -0.2) is 4.98 Å². The molecule has 0 spiro atoms. The first kappa shape index (κ1) is 19.4. The number of methoxy groups -OCH3 is 1. The van der Waals surface area contributed by atoms with Crippen LogP contribution < -0.4 is 9.47 Å². The number of fused-ring (bicyclic) bond motifs is 1. The maximum Gasteiger partial charge on any atom is 0.225 e. The molecule has 1 aromatic carbocycles. The molecular weight excluding hydrogens is 469 g/mol.